The zero-order chi connectivity index (χ0) is 16.7. The summed E-state index contributed by atoms with van der Waals surface area (Å²) in [5.74, 6) is 0.626. The zero-order valence-electron chi connectivity index (χ0n) is 14.4. The lowest BCUT2D eigenvalue weighted by Crippen LogP contribution is -2.62. The summed E-state index contributed by atoms with van der Waals surface area (Å²) in [5.41, 5.74) is 3.46. The molecule has 3 aliphatic heterocycles. The van der Waals surface area contributed by atoms with Crippen LogP contribution in [-0.2, 0) is 0 Å². The minimum absolute atomic E-state index is 0.0149. The van der Waals surface area contributed by atoms with E-state index in [1.54, 1.807) is 4.57 Å². The highest BCUT2D eigenvalue weighted by atomic mass is 16.2. The molecule has 2 aromatic rings. The molecule has 5 rings (SSSR count). The van der Waals surface area contributed by atoms with Crippen LogP contribution in [0.1, 0.15) is 25.3 Å². The van der Waals surface area contributed by atoms with Crippen molar-refractivity contribution in [2.45, 2.75) is 38.8 Å². The predicted octanol–water partition coefficient (Wildman–Crippen LogP) is 3.50. The molecule has 1 N–H and O–H groups in total. The molecule has 0 saturated carbocycles. The van der Waals surface area contributed by atoms with Crippen molar-refractivity contribution in [1.82, 2.24) is 14.8 Å². The van der Waals surface area contributed by atoms with Gasteiger partial charge in [-0.2, -0.15) is 0 Å². The van der Waals surface area contributed by atoms with Crippen LogP contribution in [-0.4, -0.2) is 40.7 Å². The second-order valence-electron chi connectivity index (χ2n) is 7.26. The minimum Gasteiger partial charge on any atom is -0.333 e. The van der Waals surface area contributed by atoms with Gasteiger partial charge in [0.2, 0.25) is 0 Å². The van der Waals surface area contributed by atoms with Crippen molar-refractivity contribution in [2.24, 2.45) is 5.92 Å². The first-order valence-corrected chi connectivity index (χ1v) is 8.92. The average molecular weight is 323 g/mol. The van der Waals surface area contributed by atoms with E-state index in [0.717, 1.165) is 11.1 Å². The van der Waals surface area contributed by atoms with E-state index in [9.17, 15) is 4.79 Å². The maximum Gasteiger partial charge on any atom is 0.325 e. The Hall–Kier alpha value is -2.07. The van der Waals surface area contributed by atoms with Crippen LogP contribution < -0.4 is 5.32 Å². The third kappa shape index (κ3) is 2.75. The Labute approximate surface area is 143 Å². The van der Waals surface area contributed by atoms with E-state index in [-0.39, 0.29) is 12.1 Å². The molecule has 0 unspecified atom stereocenters. The van der Waals surface area contributed by atoms with Gasteiger partial charge in [0.15, 0.2) is 0 Å². The van der Waals surface area contributed by atoms with Crippen LogP contribution >= 0.6 is 0 Å². The summed E-state index contributed by atoms with van der Waals surface area (Å²) in [6, 6.07) is 11.1. The zero-order valence-corrected chi connectivity index (χ0v) is 14.4. The molecule has 126 valence electrons. The van der Waals surface area contributed by atoms with Crippen molar-refractivity contribution in [3.05, 3.63) is 48.3 Å². The largest absolute Gasteiger partial charge is 0.333 e. The van der Waals surface area contributed by atoms with Crippen LogP contribution in [0.5, 0.6) is 0 Å². The Balaban J connectivity index is 1.48. The number of rotatable bonds is 2. The summed E-state index contributed by atoms with van der Waals surface area (Å²) in [4.78, 5) is 15.2. The lowest BCUT2D eigenvalue weighted by Gasteiger charge is -2.49. The molecule has 4 heteroatoms. The summed E-state index contributed by atoms with van der Waals surface area (Å²) < 4.78 is 1.68. The van der Waals surface area contributed by atoms with E-state index < -0.39 is 0 Å². The summed E-state index contributed by atoms with van der Waals surface area (Å²) in [5, 5.41) is 3.27. The third-order valence-corrected chi connectivity index (χ3v) is 5.78. The fourth-order valence-electron chi connectivity index (χ4n) is 4.20. The first-order valence-electron chi connectivity index (χ1n) is 8.92. The van der Waals surface area contributed by atoms with Crippen molar-refractivity contribution in [3.63, 3.8) is 0 Å². The summed E-state index contributed by atoms with van der Waals surface area (Å²) in [6.45, 7) is 6.68. The molecule has 0 spiro atoms. The molecule has 1 aromatic carbocycles. The standard InChI is InChI=1S/C20H25N3O/c1-14-3-5-16(6-4-14)18-9-12-23(13-18)20(24)21-19-15(2)22-10-7-17(19)8-11-22/h3-6,9,12-13,15,17,19H,7-8,10-11H2,1-2H3,(H,21,24)/t15-,19+/m1/s1. The van der Waals surface area contributed by atoms with Gasteiger partial charge >= 0.3 is 6.03 Å². The van der Waals surface area contributed by atoms with Gasteiger partial charge in [-0.15, -0.1) is 0 Å². The average Bonchev–Trinajstić information content (AvgIpc) is 3.09. The normalized spacial score (nSPS) is 28.8. The second kappa shape index (κ2) is 6.10. The Morgan fingerprint density at radius 1 is 1.08 bits per heavy atom. The van der Waals surface area contributed by atoms with Gasteiger partial charge in [-0.05, 0) is 62.9 Å². The molecule has 0 aliphatic carbocycles. The van der Waals surface area contributed by atoms with Gasteiger partial charge in [0.25, 0.3) is 0 Å². The van der Waals surface area contributed by atoms with Crippen LogP contribution in [0.25, 0.3) is 11.1 Å². The number of fused-ring (bicyclic) bond motifs is 3. The lowest BCUT2D eigenvalue weighted by atomic mass is 9.79. The molecular formula is C20H25N3O. The van der Waals surface area contributed by atoms with E-state index in [1.807, 2.05) is 18.5 Å². The van der Waals surface area contributed by atoms with Crippen molar-refractivity contribution in [1.29, 1.82) is 0 Å². The fourth-order valence-corrected chi connectivity index (χ4v) is 4.20. The van der Waals surface area contributed by atoms with Gasteiger partial charge in [0.1, 0.15) is 0 Å². The van der Waals surface area contributed by atoms with Gasteiger partial charge < -0.3 is 5.32 Å². The number of aromatic nitrogens is 1. The van der Waals surface area contributed by atoms with Crippen LogP contribution in [0.3, 0.4) is 0 Å². The first-order chi connectivity index (χ1) is 11.6. The highest BCUT2D eigenvalue weighted by molar-refractivity contribution is 5.79. The number of piperidine rings is 3. The Kier molecular flexibility index (Phi) is 3.93. The van der Waals surface area contributed by atoms with Crippen molar-refractivity contribution in [3.8, 4) is 11.1 Å². The van der Waals surface area contributed by atoms with Crippen molar-refractivity contribution in [2.75, 3.05) is 13.1 Å². The van der Waals surface area contributed by atoms with Gasteiger partial charge in [-0.25, -0.2) is 4.79 Å². The van der Waals surface area contributed by atoms with E-state index in [4.69, 9.17) is 0 Å². The number of nitrogens with zero attached hydrogens (tertiary/aromatic N) is 2. The number of hydrogen-bond donors (Lipinski definition) is 1. The lowest BCUT2D eigenvalue weighted by molar-refractivity contribution is 0.0267. The molecule has 0 radical (unpaired) electrons. The Morgan fingerprint density at radius 2 is 1.79 bits per heavy atom. The number of hydrogen-bond acceptors (Lipinski definition) is 2. The maximum absolute atomic E-state index is 12.7. The van der Waals surface area contributed by atoms with E-state index in [2.05, 4.69) is 48.3 Å². The summed E-state index contributed by atoms with van der Waals surface area (Å²) in [7, 11) is 0. The molecule has 3 fully saturated rings. The molecule has 1 aromatic heterocycles. The van der Waals surface area contributed by atoms with E-state index in [0.29, 0.717) is 12.0 Å². The predicted molar refractivity (Wildman–Crippen MR) is 96.1 cm³/mol. The number of carbonyl (C=O) groups is 1. The minimum atomic E-state index is -0.0149. The summed E-state index contributed by atoms with van der Waals surface area (Å²) >= 11 is 0. The van der Waals surface area contributed by atoms with E-state index in [1.165, 1.54) is 31.5 Å². The topological polar surface area (TPSA) is 37.3 Å². The SMILES string of the molecule is Cc1ccc(-c2ccn(C(=O)N[C@@H]3C4CCN(CC4)[C@@H]3C)c2)cc1. The number of aryl methyl sites for hydroxylation is 1. The number of amides is 1. The smallest absolute Gasteiger partial charge is 0.325 e. The molecule has 1 amide bonds. The van der Waals surface area contributed by atoms with Crippen LogP contribution in [0, 0.1) is 12.8 Å². The van der Waals surface area contributed by atoms with Crippen LogP contribution in [0.2, 0.25) is 0 Å². The molecule has 3 saturated heterocycles. The Morgan fingerprint density at radius 3 is 2.46 bits per heavy atom. The molecule has 2 atom stereocenters. The highest BCUT2D eigenvalue weighted by Crippen LogP contribution is 2.32. The highest BCUT2D eigenvalue weighted by Gasteiger charge is 2.40. The van der Waals surface area contributed by atoms with E-state index >= 15 is 0 Å². The number of nitrogens with one attached hydrogen (secondary N) is 1. The first kappa shape index (κ1) is 15.5. The summed E-state index contributed by atoms with van der Waals surface area (Å²) in [6.07, 6.45) is 6.19. The number of carbonyl (C=O) groups excluding carboxylic acids is 1. The molecule has 2 bridgehead atoms. The van der Waals surface area contributed by atoms with Crippen LogP contribution in [0.15, 0.2) is 42.7 Å². The molecule has 24 heavy (non-hydrogen) atoms. The molecule has 4 nitrogen and oxygen atoms in total. The molecule has 3 aliphatic rings. The molecular weight excluding hydrogens is 298 g/mol. The molecule has 4 heterocycles. The van der Waals surface area contributed by atoms with Gasteiger partial charge in [0.05, 0.1) is 0 Å². The quantitative estimate of drug-likeness (QED) is 0.918. The van der Waals surface area contributed by atoms with Gasteiger partial charge in [-0.3, -0.25) is 9.47 Å². The monoisotopic (exact) mass is 323 g/mol. The second-order valence-corrected chi connectivity index (χ2v) is 7.26. The Bertz CT molecular complexity index is 724. The van der Waals surface area contributed by atoms with Gasteiger partial charge in [0, 0.05) is 24.5 Å². The van der Waals surface area contributed by atoms with Crippen LogP contribution in [0.4, 0.5) is 4.79 Å². The maximum atomic E-state index is 12.7. The van der Waals surface area contributed by atoms with Gasteiger partial charge in [-0.1, -0.05) is 29.8 Å². The number of benzene rings is 1. The van der Waals surface area contributed by atoms with Crippen molar-refractivity contribution >= 4 is 6.03 Å². The third-order valence-electron chi connectivity index (χ3n) is 5.78. The van der Waals surface area contributed by atoms with Crippen molar-refractivity contribution < 1.29 is 4.79 Å². The fraction of sp³-hybridized carbons (Fsp3) is 0.450.